The van der Waals surface area contributed by atoms with Gasteiger partial charge in [0.25, 0.3) is 0 Å². The minimum absolute atomic E-state index is 0.595. The van der Waals surface area contributed by atoms with Crippen molar-refractivity contribution in [2.75, 3.05) is 0 Å². The molecule has 0 atom stereocenters. The summed E-state index contributed by atoms with van der Waals surface area (Å²) < 4.78 is 1.71. The Morgan fingerprint density at radius 2 is 1.80 bits per heavy atom. The van der Waals surface area contributed by atoms with Gasteiger partial charge in [-0.25, -0.2) is 0 Å². The van der Waals surface area contributed by atoms with Crippen molar-refractivity contribution in [1.82, 2.24) is 25.2 Å². The number of para-hydroxylation sites is 2. The van der Waals surface area contributed by atoms with Gasteiger partial charge in [0.15, 0.2) is 0 Å². The van der Waals surface area contributed by atoms with E-state index in [9.17, 15) is 0 Å². The molecule has 0 amide bonds. The number of hydrogen-bond acceptors (Lipinski definition) is 5. The summed E-state index contributed by atoms with van der Waals surface area (Å²) in [4.78, 5) is 4.71. The van der Waals surface area contributed by atoms with Gasteiger partial charge >= 0.3 is 0 Å². The molecule has 0 saturated heterocycles. The molecule has 4 rings (SSSR count). The Bertz CT molecular complexity index is 1030. The lowest BCUT2D eigenvalue weighted by molar-refractivity contribution is 0.756. The molecule has 25 heavy (non-hydrogen) atoms. The predicted molar refractivity (Wildman–Crippen MR) is 100 cm³/mol. The third-order valence-electron chi connectivity index (χ3n) is 3.93. The molecule has 124 valence electrons. The van der Waals surface area contributed by atoms with Crippen molar-refractivity contribution >= 4 is 34.3 Å². The topological polar surface area (TPSA) is 56.5 Å². The Morgan fingerprint density at radius 3 is 2.64 bits per heavy atom. The van der Waals surface area contributed by atoms with Gasteiger partial charge in [0, 0.05) is 11.1 Å². The van der Waals surface area contributed by atoms with Crippen LogP contribution in [0.3, 0.4) is 0 Å². The summed E-state index contributed by atoms with van der Waals surface area (Å²) >= 11 is 8.05. The zero-order valence-corrected chi connectivity index (χ0v) is 15.0. The minimum atomic E-state index is 0.595. The van der Waals surface area contributed by atoms with Gasteiger partial charge in [-0.3, -0.25) is 4.98 Å². The molecule has 0 fully saturated rings. The summed E-state index contributed by atoms with van der Waals surface area (Å²) in [5.74, 6) is 0.595. The van der Waals surface area contributed by atoms with Crippen LogP contribution in [0, 0.1) is 6.92 Å². The summed E-state index contributed by atoms with van der Waals surface area (Å²) in [6.45, 7) is 2.02. The summed E-state index contributed by atoms with van der Waals surface area (Å²) in [6.07, 6.45) is 0. The van der Waals surface area contributed by atoms with E-state index in [-0.39, 0.29) is 0 Å². The van der Waals surface area contributed by atoms with E-state index in [1.165, 1.54) is 11.8 Å². The first-order valence-electron chi connectivity index (χ1n) is 7.74. The summed E-state index contributed by atoms with van der Waals surface area (Å²) in [6, 6.07) is 17.8. The van der Waals surface area contributed by atoms with Crippen LogP contribution in [0.4, 0.5) is 0 Å². The van der Waals surface area contributed by atoms with Crippen LogP contribution >= 0.6 is 23.4 Å². The van der Waals surface area contributed by atoms with Crippen LogP contribution in [0.1, 0.15) is 11.3 Å². The minimum Gasteiger partial charge on any atom is -0.250 e. The van der Waals surface area contributed by atoms with Gasteiger partial charge in [-0.1, -0.05) is 59.8 Å². The highest BCUT2D eigenvalue weighted by Gasteiger charge is 2.14. The lowest BCUT2D eigenvalue weighted by Gasteiger charge is -2.10. The third kappa shape index (κ3) is 3.10. The highest BCUT2D eigenvalue weighted by atomic mass is 35.5. The molecule has 2 aromatic heterocycles. The number of tetrazole rings is 1. The quantitative estimate of drug-likeness (QED) is 0.498. The van der Waals surface area contributed by atoms with Crippen molar-refractivity contribution < 1.29 is 0 Å². The van der Waals surface area contributed by atoms with Gasteiger partial charge in [-0.05, 0) is 41.1 Å². The molecule has 7 heteroatoms. The molecule has 0 spiro atoms. The Hall–Kier alpha value is -2.44. The molecule has 0 radical (unpaired) electrons. The molecule has 5 nitrogen and oxygen atoms in total. The van der Waals surface area contributed by atoms with Gasteiger partial charge in [0.05, 0.1) is 21.9 Å². The van der Waals surface area contributed by atoms with Gasteiger partial charge in [-0.15, -0.1) is 5.10 Å². The second-order valence-electron chi connectivity index (χ2n) is 5.51. The molecule has 0 aliphatic carbocycles. The first kappa shape index (κ1) is 16.1. The van der Waals surface area contributed by atoms with Gasteiger partial charge in [-0.2, -0.15) is 4.68 Å². The molecule has 2 heterocycles. The van der Waals surface area contributed by atoms with Crippen LogP contribution in [-0.4, -0.2) is 25.2 Å². The lowest BCUT2D eigenvalue weighted by Crippen LogP contribution is -2.00. The molecule has 0 unspecified atom stereocenters. The molecule has 2 aromatic carbocycles. The summed E-state index contributed by atoms with van der Waals surface area (Å²) in [7, 11) is 0. The van der Waals surface area contributed by atoms with Crippen molar-refractivity contribution in [2.24, 2.45) is 0 Å². The van der Waals surface area contributed by atoms with Crippen LogP contribution in [-0.2, 0) is 5.75 Å². The molecule has 0 aliphatic heterocycles. The van der Waals surface area contributed by atoms with Crippen molar-refractivity contribution in [3.05, 3.63) is 70.9 Å². The maximum absolute atomic E-state index is 6.53. The number of aromatic nitrogens is 5. The molecule has 0 N–H and O–H groups in total. The van der Waals surface area contributed by atoms with E-state index in [2.05, 4.69) is 15.5 Å². The predicted octanol–water partition coefficient (Wildman–Crippen LogP) is 4.46. The van der Waals surface area contributed by atoms with Crippen molar-refractivity contribution in [1.29, 1.82) is 0 Å². The SMILES string of the molecule is Cc1c(Cl)c(CSc2nnnn2-c2ccccc2)nc2ccccc12. The van der Waals surface area contributed by atoms with Gasteiger partial charge in [0.2, 0.25) is 5.16 Å². The molecule has 0 saturated carbocycles. The zero-order valence-electron chi connectivity index (χ0n) is 13.4. The first-order valence-corrected chi connectivity index (χ1v) is 9.10. The average Bonchev–Trinajstić information content (AvgIpc) is 3.13. The van der Waals surface area contributed by atoms with E-state index in [4.69, 9.17) is 16.6 Å². The number of benzene rings is 2. The Balaban J connectivity index is 1.64. The summed E-state index contributed by atoms with van der Waals surface area (Å²) in [5.41, 5.74) is 3.75. The largest absolute Gasteiger partial charge is 0.250 e. The van der Waals surface area contributed by atoms with Crippen LogP contribution in [0.2, 0.25) is 5.02 Å². The normalized spacial score (nSPS) is 11.1. The number of rotatable bonds is 4. The molecule has 4 aromatic rings. The maximum Gasteiger partial charge on any atom is 0.214 e. The smallest absolute Gasteiger partial charge is 0.214 e. The number of pyridine rings is 1. The number of halogens is 1. The highest BCUT2D eigenvalue weighted by molar-refractivity contribution is 7.98. The maximum atomic E-state index is 6.53. The van der Waals surface area contributed by atoms with Crippen molar-refractivity contribution in [3.63, 3.8) is 0 Å². The molecule has 0 aliphatic rings. The Kier molecular flexibility index (Phi) is 4.38. The number of thioether (sulfide) groups is 1. The fraction of sp³-hybridized carbons (Fsp3) is 0.111. The van der Waals surface area contributed by atoms with Crippen LogP contribution in [0.15, 0.2) is 59.8 Å². The third-order valence-corrected chi connectivity index (χ3v) is 5.36. The van der Waals surface area contributed by atoms with E-state index in [0.717, 1.165) is 27.8 Å². The second-order valence-corrected chi connectivity index (χ2v) is 6.83. The Labute approximate surface area is 154 Å². The van der Waals surface area contributed by atoms with Crippen molar-refractivity contribution in [2.45, 2.75) is 17.8 Å². The van der Waals surface area contributed by atoms with E-state index >= 15 is 0 Å². The number of hydrogen-bond donors (Lipinski definition) is 0. The average molecular weight is 368 g/mol. The Morgan fingerprint density at radius 1 is 1.04 bits per heavy atom. The number of nitrogens with zero attached hydrogens (tertiary/aromatic N) is 5. The van der Waals surface area contributed by atoms with Crippen LogP contribution in [0.25, 0.3) is 16.6 Å². The van der Waals surface area contributed by atoms with E-state index in [1.54, 1.807) is 4.68 Å². The fourth-order valence-electron chi connectivity index (χ4n) is 2.65. The highest BCUT2D eigenvalue weighted by Crippen LogP contribution is 2.31. The van der Waals surface area contributed by atoms with Crippen molar-refractivity contribution in [3.8, 4) is 5.69 Å². The number of aryl methyl sites for hydroxylation is 1. The molecular formula is C18H14ClN5S. The van der Waals surface area contributed by atoms with Crippen LogP contribution in [0.5, 0.6) is 0 Å². The second kappa shape index (κ2) is 6.82. The lowest BCUT2D eigenvalue weighted by atomic mass is 10.1. The van der Waals surface area contributed by atoms with E-state index < -0.39 is 0 Å². The van der Waals surface area contributed by atoms with E-state index in [0.29, 0.717) is 15.9 Å². The van der Waals surface area contributed by atoms with Crippen LogP contribution < -0.4 is 0 Å². The van der Waals surface area contributed by atoms with E-state index in [1.807, 2.05) is 61.5 Å². The standard InChI is InChI=1S/C18H14ClN5S/c1-12-14-9-5-6-10-15(14)20-16(17(12)19)11-25-18-21-22-23-24(18)13-7-3-2-4-8-13/h2-10H,11H2,1H3. The fourth-order valence-corrected chi connectivity index (χ4v) is 3.77. The van der Waals surface area contributed by atoms with Gasteiger partial charge < -0.3 is 0 Å². The first-order chi connectivity index (χ1) is 12.2. The monoisotopic (exact) mass is 367 g/mol. The molecule has 0 bridgehead atoms. The summed E-state index contributed by atoms with van der Waals surface area (Å²) in [5, 5.41) is 14.5. The molecular weight excluding hydrogens is 354 g/mol. The number of fused-ring (bicyclic) bond motifs is 1. The van der Waals surface area contributed by atoms with Gasteiger partial charge in [0.1, 0.15) is 0 Å². The zero-order chi connectivity index (χ0) is 17.2.